The minimum Gasteiger partial charge on any atom is -0.409 e. The summed E-state index contributed by atoms with van der Waals surface area (Å²) in [5.41, 5.74) is 7.50. The van der Waals surface area contributed by atoms with E-state index in [0.29, 0.717) is 5.02 Å². The van der Waals surface area contributed by atoms with Crippen LogP contribution in [0.25, 0.3) is 0 Å². The van der Waals surface area contributed by atoms with Crippen LogP contribution in [0.4, 0.5) is 5.69 Å². The number of nitrogens with two attached hydrogens (primary N) is 1. The largest absolute Gasteiger partial charge is 0.409 e. The lowest BCUT2D eigenvalue weighted by atomic mass is 10.0. The number of nitrogens with zero attached hydrogens (tertiary/aromatic N) is 2. The van der Waals surface area contributed by atoms with E-state index in [1.807, 2.05) is 12.1 Å². The lowest BCUT2D eigenvalue weighted by Gasteiger charge is -2.22. The molecule has 2 fully saturated rings. The number of hydrogen-bond donors (Lipinski definition) is 2. The highest BCUT2D eigenvalue weighted by atomic mass is 35.5. The van der Waals surface area contributed by atoms with E-state index in [9.17, 15) is 0 Å². The fraction of sp³-hybridized carbons (Fsp3) is 0.500. The minimum atomic E-state index is 0.142. The lowest BCUT2D eigenvalue weighted by Crippen LogP contribution is -2.25. The normalized spacial score (nSPS) is 26.8. The third-order valence-corrected chi connectivity index (χ3v) is 4.65. The van der Waals surface area contributed by atoms with Crippen LogP contribution < -0.4 is 10.6 Å². The molecular formula is C14H18ClN3O. The Morgan fingerprint density at radius 1 is 1.32 bits per heavy atom. The molecule has 1 saturated heterocycles. The van der Waals surface area contributed by atoms with Crippen LogP contribution in [0.1, 0.15) is 24.8 Å². The number of amidine groups is 1. The third kappa shape index (κ3) is 2.25. The number of benzene rings is 1. The van der Waals surface area contributed by atoms with Gasteiger partial charge in [0.1, 0.15) is 0 Å². The highest BCUT2D eigenvalue weighted by Crippen LogP contribution is 2.40. The van der Waals surface area contributed by atoms with Gasteiger partial charge < -0.3 is 15.8 Å². The number of anilines is 1. The van der Waals surface area contributed by atoms with Crippen molar-refractivity contribution >= 4 is 23.1 Å². The molecule has 1 aliphatic carbocycles. The fourth-order valence-electron chi connectivity index (χ4n) is 3.47. The van der Waals surface area contributed by atoms with E-state index < -0.39 is 0 Å². The first-order chi connectivity index (χ1) is 9.19. The van der Waals surface area contributed by atoms with Crippen LogP contribution in [0.2, 0.25) is 5.02 Å². The Balaban J connectivity index is 1.93. The summed E-state index contributed by atoms with van der Waals surface area (Å²) in [7, 11) is 0. The Labute approximate surface area is 117 Å². The molecule has 19 heavy (non-hydrogen) atoms. The first kappa shape index (κ1) is 12.6. The average molecular weight is 280 g/mol. The number of hydrogen-bond acceptors (Lipinski definition) is 3. The van der Waals surface area contributed by atoms with Crippen LogP contribution in [0, 0.1) is 11.8 Å². The van der Waals surface area contributed by atoms with E-state index in [1.165, 1.54) is 19.3 Å². The monoisotopic (exact) mass is 279 g/mol. The summed E-state index contributed by atoms with van der Waals surface area (Å²) in [4.78, 5) is 2.33. The van der Waals surface area contributed by atoms with Crippen molar-refractivity contribution in [2.24, 2.45) is 22.7 Å². The van der Waals surface area contributed by atoms with Gasteiger partial charge in [-0.15, -0.1) is 0 Å². The predicted octanol–water partition coefficient (Wildman–Crippen LogP) is 2.67. The summed E-state index contributed by atoms with van der Waals surface area (Å²) < 4.78 is 0. The van der Waals surface area contributed by atoms with Crippen molar-refractivity contribution in [1.29, 1.82) is 0 Å². The standard InChI is InChI=1S/C14H18ClN3O/c15-11-4-5-12(14(16)17-19)13(6-11)18-7-9-2-1-3-10(9)8-18/h4-6,9-10,19H,1-3,7-8H2,(H2,16,17). The van der Waals surface area contributed by atoms with Crippen molar-refractivity contribution in [3.8, 4) is 0 Å². The summed E-state index contributed by atoms with van der Waals surface area (Å²) in [6.07, 6.45) is 3.99. The zero-order valence-corrected chi connectivity index (χ0v) is 11.5. The summed E-state index contributed by atoms with van der Waals surface area (Å²) in [5, 5.41) is 12.7. The van der Waals surface area contributed by atoms with Crippen molar-refractivity contribution in [1.82, 2.24) is 0 Å². The Morgan fingerprint density at radius 3 is 2.63 bits per heavy atom. The van der Waals surface area contributed by atoms with Crippen molar-refractivity contribution < 1.29 is 5.21 Å². The van der Waals surface area contributed by atoms with E-state index >= 15 is 0 Å². The van der Waals surface area contributed by atoms with Crippen molar-refractivity contribution in [3.63, 3.8) is 0 Å². The smallest absolute Gasteiger partial charge is 0.172 e. The quantitative estimate of drug-likeness (QED) is 0.379. The van der Waals surface area contributed by atoms with Crippen molar-refractivity contribution in [3.05, 3.63) is 28.8 Å². The molecule has 2 unspecified atom stereocenters. The average Bonchev–Trinajstić information content (AvgIpc) is 2.98. The maximum Gasteiger partial charge on any atom is 0.172 e. The number of oxime groups is 1. The molecule has 2 atom stereocenters. The van der Waals surface area contributed by atoms with Crippen LogP contribution in [0.3, 0.4) is 0 Å². The SMILES string of the molecule is N/C(=N/O)c1ccc(Cl)cc1N1CC2CCCC2C1. The molecule has 1 saturated carbocycles. The molecule has 3 N–H and O–H groups in total. The molecule has 0 radical (unpaired) electrons. The van der Waals surface area contributed by atoms with Gasteiger partial charge in [0.25, 0.3) is 0 Å². The maximum absolute atomic E-state index is 8.90. The molecule has 0 amide bonds. The Morgan fingerprint density at radius 2 is 2.00 bits per heavy atom. The second-order valence-corrected chi connectivity index (χ2v) is 5.94. The minimum absolute atomic E-state index is 0.142. The topological polar surface area (TPSA) is 61.9 Å². The zero-order chi connectivity index (χ0) is 13.4. The maximum atomic E-state index is 8.90. The summed E-state index contributed by atoms with van der Waals surface area (Å²) in [6, 6.07) is 5.51. The summed E-state index contributed by atoms with van der Waals surface area (Å²) in [6.45, 7) is 2.10. The number of halogens is 1. The van der Waals surface area contributed by atoms with E-state index in [1.54, 1.807) is 6.07 Å². The number of fused-ring (bicyclic) bond motifs is 1. The highest BCUT2D eigenvalue weighted by molar-refractivity contribution is 6.31. The summed E-state index contributed by atoms with van der Waals surface area (Å²) in [5.74, 6) is 1.72. The van der Waals surface area contributed by atoms with Crippen molar-refractivity contribution in [2.75, 3.05) is 18.0 Å². The molecular weight excluding hydrogens is 262 g/mol. The zero-order valence-electron chi connectivity index (χ0n) is 10.7. The van der Waals surface area contributed by atoms with Gasteiger partial charge in [-0.05, 0) is 42.9 Å². The Hall–Kier alpha value is -1.42. The van der Waals surface area contributed by atoms with Crippen LogP contribution in [-0.2, 0) is 0 Å². The Bertz CT molecular complexity index is 505. The molecule has 102 valence electrons. The molecule has 0 bridgehead atoms. The summed E-state index contributed by atoms with van der Waals surface area (Å²) >= 11 is 6.09. The van der Waals surface area contributed by atoms with Gasteiger partial charge >= 0.3 is 0 Å². The predicted molar refractivity (Wildman–Crippen MR) is 77.0 cm³/mol. The van der Waals surface area contributed by atoms with Crippen LogP contribution in [0.5, 0.6) is 0 Å². The second-order valence-electron chi connectivity index (χ2n) is 5.50. The van der Waals surface area contributed by atoms with Crippen LogP contribution in [-0.4, -0.2) is 24.1 Å². The molecule has 3 rings (SSSR count). The second kappa shape index (κ2) is 4.93. The Kier molecular flexibility index (Phi) is 3.27. The number of rotatable bonds is 2. The first-order valence-electron chi connectivity index (χ1n) is 6.71. The molecule has 1 aromatic carbocycles. The lowest BCUT2D eigenvalue weighted by molar-refractivity contribution is 0.318. The van der Waals surface area contributed by atoms with Gasteiger partial charge in [-0.1, -0.05) is 23.2 Å². The van der Waals surface area contributed by atoms with Gasteiger partial charge in [0.2, 0.25) is 0 Å². The fourth-order valence-corrected chi connectivity index (χ4v) is 3.63. The van der Waals surface area contributed by atoms with Crippen molar-refractivity contribution in [2.45, 2.75) is 19.3 Å². The van der Waals surface area contributed by atoms with Gasteiger partial charge in [0.15, 0.2) is 5.84 Å². The first-order valence-corrected chi connectivity index (χ1v) is 7.09. The van der Waals surface area contributed by atoms with Gasteiger partial charge in [-0.2, -0.15) is 0 Å². The van der Waals surface area contributed by atoms with E-state index in [0.717, 1.165) is 36.2 Å². The van der Waals surface area contributed by atoms with Gasteiger partial charge in [-0.3, -0.25) is 0 Å². The molecule has 1 heterocycles. The molecule has 5 heteroatoms. The van der Waals surface area contributed by atoms with Gasteiger partial charge in [0, 0.05) is 29.4 Å². The highest BCUT2D eigenvalue weighted by Gasteiger charge is 2.36. The van der Waals surface area contributed by atoms with E-state index in [4.69, 9.17) is 22.5 Å². The van der Waals surface area contributed by atoms with Gasteiger partial charge in [-0.25, -0.2) is 0 Å². The molecule has 0 aromatic heterocycles. The van der Waals surface area contributed by atoms with E-state index in [2.05, 4.69) is 10.1 Å². The molecule has 2 aliphatic rings. The van der Waals surface area contributed by atoms with E-state index in [-0.39, 0.29) is 5.84 Å². The van der Waals surface area contributed by atoms with Crippen LogP contribution in [0.15, 0.2) is 23.4 Å². The van der Waals surface area contributed by atoms with Crippen LogP contribution >= 0.6 is 11.6 Å². The molecule has 1 aliphatic heterocycles. The van der Waals surface area contributed by atoms with Gasteiger partial charge in [0.05, 0.1) is 0 Å². The molecule has 4 nitrogen and oxygen atoms in total. The third-order valence-electron chi connectivity index (χ3n) is 4.41. The molecule has 1 aromatic rings. The molecule has 0 spiro atoms.